The van der Waals surface area contributed by atoms with Gasteiger partial charge in [-0.25, -0.2) is 13.8 Å². The van der Waals surface area contributed by atoms with Crippen LogP contribution < -0.4 is 5.32 Å². The molecule has 39 heavy (non-hydrogen) atoms. The SMILES string of the molecule is C=C(F)C(C/C=C/F)CNC(=O)/C(C)=C/N(/C(=C\C=O)C(=O)N(C)CCCOC)N(C)C.C=CC.C=NCC. The van der Waals surface area contributed by atoms with E-state index in [0.717, 1.165) is 18.7 Å². The lowest BCUT2D eigenvalue weighted by molar-refractivity contribution is -0.129. The van der Waals surface area contributed by atoms with Gasteiger partial charge in [-0.3, -0.25) is 19.4 Å². The number of hydrogen-bond donors (Lipinski definition) is 1. The van der Waals surface area contributed by atoms with Gasteiger partial charge < -0.3 is 19.9 Å². The van der Waals surface area contributed by atoms with E-state index in [2.05, 4.69) is 30.2 Å². The van der Waals surface area contributed by atoms with Gasteiger partial charge in [-0.2, -0.15) is 0 Å². The number of hydrogen-bond acceptors (Lipinski definition) is 7. The van der Waals surface area contributed by atoms with Crippen molar-refractivity contribution in [3.63, 3.8) is 0 Å². The molecule has 0 radical (unpaired) electrons. The van der Waals surface area contributed by atoms with Crippen molar-refractivity contribution in [1.29, 1.82) is 0 Å². The molecular formula is C28H47F2N5O4. The molecule has 2 amide bonds. The Morgan fingerprint density at radius 2 is 1.79 bits per heavy atom. The largest absolute Gasteiger partial charge is 0.385 e. The van der Waals surface area contributed by atoms with E-state index in [1.54, 1.807) is 34.3 Å². The highest BCUT2D eigenvalue weighted by atomic mass is 19.1. The number of likely N-dealkylation sites (N-methyl/N-ethyl adjacent to an activating group) is 1. The topological polar surface area (TPSA) is 94.5 Å². The van der Waals surface area contributed by atoms with Gasteiger partial charge >= 0.3 is 0 Å². The molecule has 0 heterocycles. The quantitative estimate of drug-likeness (QED) is 0.0765. The number of aliphatic imine (C=N–C) groups is 1. The van der Waals surface area contributed by atoms with Crippen molar-refractivity contribution in [3.05, 3.63) is 61.0 Å². The first kappa shape index (κ1) is 40.1. The minimum absolute atomic E-state index is 0.0418. The monoisotopic (exact) mass is 555 g/mol. The summed E-state index contributed by atoms with van der Waals surface area (Å²) in [6.45, 7) is 16.8. The first-order chi connectivity index (χ1) is 18.4. The van der Waals surface area contributed by atoms with Gasteiger partial charge in [0.05, 0.1) is 12.2 Å². The summed E-state index contributed by atoms with van der Waals surface area (Å²) in [5.74, 6) is -2.37. The van der Waals surface area contributed by atoms with Gasteiger partial charge in [-0.05, 0) is 40.3 Å². The first-order valence-electron chi connectivity index (χ1n) is 12.4. The second kappa shape index (κ2) is 26.2. The van der Waals surface area contributed by atoms with Crippen LogP contribution in [-0.2, 0) is 19.1 Å². The lowest BCUT2D eigenvalue weighted by atomic mass is 10.0. The average molecular weight is 556 g/mol. The average Bonchev–Trinajstić information content (AvgIpc) is 2.90. The Bertz CT molecular complexity index is 842. The number of halogens is 2. The van der Waals surface area contributed by atoms with Crippen molar-refractivity contribution in [1.82, 2.24) is 20.2 Å². The molecule has 1 N–H and O–H groups in total. The number of aldehydes is 1. The lowest BCUT2D eigenvalue weighted by Crippen LogP contribution is -2.41. The Morgan fingerprint density at radius 1 is 1.23 bits per heavy atom. The first-order valence-corrected chi connectivity index (χ1v) is 12.4. The van der Waals surface area contributed by atoms with Crippen molar-refractivity contribution in [2.45, 2.75) is 33.6 Å². The molecule has 0 saturated carbocycles. The van der Waals surface area contributed by atoms with E-state index in [9.17, 15) is 23.2 Å². The molecule has 1 unspecified atom stereocenters. The molecule has 0 rings (SSSR count). The van der Waals surface area contributed by atoms with E-state index in [1.807, 2.05) is 13.8 Å². The molecule has 0 spiro atoms. The number of carbonyl (C=O) groups excluding carboxylic acids is 3. The summed E-state index contributed by atoms with van der Waals surface area (Å²) >= 11 is 0. The second-order valence-corrected chi connectivity index (χ2v) is 8.16. The second-order valence-electron chi connectivity index (χ2n) is 8.16. The lowest BCUT2D eigenvalue weighted by Gasteiger charge is -2.31. The van der Waals surface area contributed by atoms with E-state index < -0.39 is 23.6 Å². The van der Waals surface area contributed by atoms with Gasteiger partial charge in [-0.15, -0.1) is 6.58 Å². The van der Waals surface area contributed by atoms with E-state index >= 15 is 0 Å². The van der Waals surface area contributed by atoms with Gasteiger partial charge in [0, 0.05) is 78.3 Å². The van der Waals surface area contributed by atoms with Crippen LogP contribution in [0.2, 0.25) is 0 Å². The molecule has 0 saturated heterocycles. The zero-order valence-electron chi connectivity index (χ0n) is 24.6. The van der Waals surface area contributed by atoms with Crippen LogP contribution in [0.25, 0.3) is 0 Å². The minimum Gasteiger partial charge on any atom is -0.385 e. The molecule has 0 aliphatic rings. The molecule has 11 heteroatoms. The van der Waals surface area contributed by atoms with Gasteiger partial charge in [0.15, 0.2) is 0 Å². The van der Waals surface area contributed by atoms with Crippen LogP contribution in [0.4, 0.5) is 8.78 Å². The number of ether oxygens (including phenoxy) is 1. The number of allylic oxidation sites excluding steroid dienone is 3. The Morgan fingerprint density at radius 3 is 2.21 bits per heavy atom. The van der Waals surface area contributed by atoms with E-state index in [0.29, 0.717) is 32.2 Å². The minimum atomic E-state index is -0.767. The van der Waals surface area contributed by atoms with Crippen LogP contribution in [0, 0.1) is 5.92 Å². The number of rotatable bonds is 16. The summed E-state index contributed by atoms with van der Waals surface area (Å²) in [6.07, 6.45) is 6.87. The molecule has 1 atom stereocenters. The zero-order valence-corrected chi connectivity index (χ0v) is 24.6. The molecular weight excluding hydrogens is 508 g/mol. The number of carbonyl (C=O) groups is 3. The third-order valence-corrected chi connectivity index (χ3v) is 4.67. The summed E-state index contributed by atoms with van der Waals surface area (Å²) in [7, 11) is 6.45. The molecule has 0 aromatic heterocycles. The van der Waals surface area contributed by atoms with E-state index in [-0.39, 0.29) is 24.2 Å². The molecule has 0 aromatic carbocycles. The van der Waals surface area contributed by atoms with E-state index in [4.69, 9.17) is 4.74 Å². The maximum absolute atomic E-state index is 13.5. The highest BCUT2D eigenvalue weighted by Gasteiger charge is 2.22. The van der Waals surface area contributed by atoms with Crippen molar-refractivity contribution in [2.75, 3.05) is 54.5 Å². The van der Waals surface area contributed by atoms with E-state index in [1.165, 1.54) is 28.0 Å². The molecule has 0 aliphatic heterocycles. The van der Waals surface area contributed by atoms with Crippen LogP contribution in [0.15, 0.2) is 66.0 Å². The number of nitrogens with one attached hydrogen (secondary N) is 1. The van der Waals surface area contributed by atoms with Crippen molar-refractivity contribution in [3.8, 4) is 0 Å². The fourth-order valence-electron chi connectivity index (χ4n) is 2.59. The van der Waals surface area contributed by atoms with Crippen molar-refractivity contribution >= 4 is 24.8 Å². The highest BCUT2D eigenvalue weighted by molar-refractivity contribution is 5.97. The van der Waals surface area contributed by atoms with Crippen LogP contribution in [-0.4, -0.2) is 94.2 Å². The normalized spacial score (nSPS) is 11.8. The maximum Gasteiger partial charge on any atom is 0.271 e. The Kier molecular flexibility index (Phi) is 26.9. The third-order valence-electron chi connectivity index (χ3n) is 4.67. The number of nitrogens with zero attached hydrogens (tertiary/aromatic N) is 4. The predicted octanol–water partition coefficient (Wildman–Crippen LogP) is 4.23. The standard InChI is InChI=1S/C22H34F2N4O4.C3H7N.C3H6/c1-17(21(30)25-15-19(18(2)24)9-7-11-23)16-28(26(3)4)20(10-13-29)22(31)27(5)12-8-14-32-6;1-3-4-2;1-3-2/h7,10-11,13,16,19H,2,8-9,12,14-15H2,1,3-6H3,(H,25,30);2-3H2,1H3;3H,1H2,2H3/b11-7+,17-16+,20-10-;;. The summed E-state index contributed by atoms with van der Waals surface area (Å²) in [5.41, 5.74) is 0.245. The Hall–Kier alpha value is -3.44. The van der Waals surface area contributed by atoms with Crippen LogP contribution in [0.5, 0.6) is 0 Å². The summed E-state index contributed by atoms with van der Waals surface area (Å²) in [5, 5.41) is 5.47. The number of methoxy groups -OCH3 is 1. The third kappa shape index (κ3) is 20.2. The molecule has 0 bridgehead atoms. The predicted molar refractivity (Wildman–Crippen MR) is 155 cm³/mol. The van der Waals surface area contributed by atoms with Gasteiger partial charge in [-0.1, -0.05) is 18.7 Å². The van der Waals surface area contributed by atoms with Crippen LogP contribution in [0.1, 0.15) is 33.6 Å². The fourth-order valence-corrected chi connectivity index (χ4v) is 2.59. The molecule has 0 aliphatic carbocycles. The van der Waals surface area contributed by atoms with Crippen molar-refractivity contribution in [2.24, 2.45) is 10.9 Å². The van der Waals surface area contributed by atoms with Gasteiger partial charge in [0.2, 0.25) is 5.91 Å². The number of hydrazine groups is 1. The van der Waals surface area contributed by atoms with Crippen LogP contribution >= 0.6 is 0 Å². The fraction of sp³-hybridized carbons (Fsp3) is 0.500. The number of amides is 2. The molecule has 0 aromatic rings. The Balaban J connectivity index is -0.00000165. The Labute approximate surface area is 233 Å². The summed E-state index contributed by atoms with van der Waals surface area (Å²) < 4.78 is 30.7. The molecule has 9 nitrogen and oxygen atoms in total. The summed E-state index contributed by atoms with van der Waals surface area (Å²) in [4.78, 5) is 41.5. The maximum atomic E-state index is 13.5. The smallest absolute Gasteiger partial charge is 0.271 e. The zero-order chi connectivity index (χ0) is 30.8. The molecule has 222 valence electrons. The van der Waals surface area contributed by atoms with Crippen LogP contribution in [0.3, 0.4) is 0 Å². The molecule has 0 fully saturated rings. The van der Waals surface area contributed by atoms with Gasteiger partial charge in [0.1, 0.15) is 12.0 Å². The highest BCUT2D eigenvalue weighted by Crippen LogP contribution is 2.16. The van der Waals surface area contributed by atoms with Crippen molar-refractivity contribution < 1.29 is 27.9 Å². The summed E-state index contributed by atoms with van der Waals surface area (Å²) in [6, 6.07) is 0. The van der Waals surface area contributed by atoms with Gasteiger partial charge in [0.25, 0.3) is 5.91 Å².